The van der Waals surface area contributed by atoms with E-state index in [4.69, 9.17) is 13.9 Å². The third kappa shape index (κ3) is 4.44. The van der Waals surface area contributed by atoms with E-state index in [0.29, 0.717) is 10.8 Å². The summed E-state index contributed by atoms with van der Waals surface area (Å²) in [5, 5.41) is 18.8. The molecule has 4 rings (SSSR count). The average Bonchev–Trinajstić information content (AvgIpc) is 3.49. The Bertz CT molecular complexity index is 1140. The maximum absolute atomic E-state index is 12.7. The van der Waals surface area contributed by atoms with E-state index in [2.05, 4.69) is 25.9 Å². The fourth-order valence-corrected chi connectivity index (χ4v) is 4.24. The molecule has 0 radical (unpaired) electrons. The SMILES string of the molecule is COc1c(N[C@@H]2CC[C@H](OC)C2)cc(C(=O)Nc2nnc(-n3nccc3C)s2)oc1=O. The predicted molar refractivity (Wildman–Crippen MR) is 113 cm³/mol. The summed E-state index contributed by atoms with van der Waals surface area (Å²) in [5.74, 6) is -0.768. The van der Waals surface area contributed by atoms with Gasteiger partial charge in [0, 0.05) is 31.1 Å². The number of ether oxygens (including phenoxy) is 2. The molecule has 164 valence electrons. The van der Waals surface area contributed by atoms with Crippen molar-refractivity contribution < 1.29 is 18.7 Å². The normalized spacial score (nSPS) is 18.2. The maximum Gasteiger partial charge on any atom is 0.381 e. The molecule has 0 spiro atoms. The number of carbonyl (C=O) groups is 1. The van der Waals surface area contributed by atoms with E-state index in [9.17, 15) is 9.59 Å². The number of rotatable bonds is 7. The Kier molecular flexibility index (Phi) is 6.00. The van der Waals surface area contributed by atoms with Gasteiger partial charge >= 0.3 is 5.63 Å². The second kappa shape index (κ2) is 8.86. The molecule has 1 aliphatic carbocycles. The lowest BCUT2D eigenvalue weighted by Gasteiger charge is -2.16. The standard InChI is InChI=1S/C19H22N6O5S/c1-10-6-7-20-25(10)19-24-23-18(31-19)22-16(26)14-9-13(15(29-3)17(27)30-14)21-11-4-5-12(8-11)28-2/h6-7,9,11-12,21H,4-5,8H2,1-3H3,(H,22,23,26)/t11-,12+/m1/s1. The minimum atomic E-state index is -0.746. The molecule has 11 nitrogen and oxygen atoms in total. The maximum atomic E-state index is 12.7. The number of aromatic nitrogens is 4. The lowest BCUT2D eigenvalue weighted by atomic mass is 10.2. The molecule has 3 aromatic heterocycles. The first-order chi connectivity index (χ1) is 15.0. The molecule has 0 aromatic carbocycles. The van der Waals surface area contributed by atoms with Crippen molar-refractivity contribution in [3.8, 4) is 10.9 Å². The highest BCUT2D eigenvalue weighted by Crippen LogP contribution is 2.29. The first kappa shape index (κ1) is 21.0. The fraction of sp³-hybridized carbons (Fsp3) is 0.421. The average molecular weight is 446 g/mol. The number of nitrogens with zero attached hydrogens (tertiary/aromatic N) is 4. The molecule has 2 N–H and O–H groups in total. The van der Waals surface area contributed by atoms with E-state index >= 15 is 0 Å². The highest BCUT2D eigenvalue weighted by atomic mass is 32.1. The van der Waals surface area contributed by atoms with Crippen LogP contribution in [0.2, 0.25) is 0 Å². The summed E-state index contributed by atoms with van der Waals surface area (Å²) in [7, 11) is 3.06. The Morgan fingerprint density at radius 3 is 2.84 bits per heavy atom. The predicted octanol–water partition coefficient (Wildman–Crippen LogP) is 2.23. The number of carbonyl (C=O) groups excluding carboxylic acids is 1. The zero-order chi connectivity index (χ0) is 22.0. The molecule has 1 aliphatic rings. The van der Waals surface area contributed by atoms with Gasteiger partial charge in [-0.2, -0.15) is 5.10 Å². The third-order valence-corrected chi connectivity index (χ3v) is 5.88. The molecule has 0 aliphatic heterocycles. The van der Waals surface area contributed by atoms with Gasteiger partial charge in [-0.05, 0) is 32.3 Å². The van der Waals surface area contributed by atoms with Gasteiger partial charge < -0.3 is 19.2 Å². The van der Waals surface area contributed by atoms with Crippen molar-refractivity contribution in [2.24, 2.45) is 0 Å². The number of anilines is 2. The minimum absolute atomic E-state index is 0.0183. The van der Waals surface area contributed by atoms with Crippen molar-refractivity contribution in [2.75, 3.05) is 24.9 Å². The molecule has 0 saturated heterocycles. The van der Waals surface area contributed by atoms with E-state index < -0.39 is 11.5 Å². The van der Waals surface area contributed by atoms with Crippen LogP contribution in [0.4, 0.5) is 10.8 Å². The fourth-order valence-electron chi connectivity index (χ4n) is 3.48. The second-order valence-electron chi connectivity index (χ2n) is 7.09. The van der Waals surface area contributed by atoms with Gasteiger partial charge in [0.1, 0.15) is 0 Å². The quantitative estimate of drug-likeness (QED) is 0.560. The summed E-state index contributed by atoms with van der Waals surface area (Å²) in [6.07, 6.45) is 4.40. The number of methoxy groups -OCH3 is 2. The topological polar surface area (TPSA) is 133 Å². The van der Waals surface area contributed by atoms with Crippen LogP contribution in [-0.4, -0.2) is 52.3 Å². The van der Waals surface area contributed by atoms with Crippen LogP contribution in [0.1, 0.15) is 35.5 Å². The Morgan fingerprint density at radius 1 is 1.32 bits per heavy atom. The van der Waals surface area contributed by atoms with Gasteiger partial charge in [-0.1, -0.05) is 11.3 Å². The van der Waals surface area contributed by atoms with Crippen LogP contribution in [0.25, 0.3) is 5.13 Å². The van der Waals surface area contributed by atoms with Gasteiger partial charge in [-0.3, -0.25) is 10.1 Å². The number of hydrogen-bond acceptors (Lipinski definition) is 10. The third-order valence-electron chi connectivity index (χ3n) is 5.06. The highest BCUT2D eigenvalue weighted by Gasteiger charge is 2.27. The van der Waals surface area contributed by atoms with Gasteiger partial charge in [0.25, 0.3) is 5.91 Å². The van der Waals surface area contributed by atoms with Crippen LogP contribution in [-0.2, 0) is 4.74 Å². The molecular weight excluding hydrogens is 424 g/mol. The summed E-state index contributed by atoms with van der Waals surface area (Å²) in [5.41, 5.74) is 0.536. The van der Waals surface area contributed by atoms with Gasteiger partial charge in [0.15, 0.2) is 5.76 Å². The lowest BCUT2D eigenvalue weighted by Crippen LogP contribution is -2.21. The highest BCUT2D eigenvalue weighted by molar-refractivity contribution is 7.17. The lowest BCUT2D eigenvalue weighted by molar-refractivity contribution is 0.0991. The Labute approximate surface area is 181 Å². The zero-order valence-corrected chi connectivity index (χ0v) is 18.1. The van der Waals surface area contributed by atoms with E-state index in [0.717, 1.165) is 36.3 Å². The summed E-state index contributed by atoms with van der Waals surface area (Å²) < 4.78 is 17.3. The Morgan fingerprint density at radius 2 is 2.16 bits per heavy atom. The number of hydrogen-bond donors (Lipinski definition) is 2. The van der Waals surface area contributed by atoms with E-state index in [-0.39, 0.29) is 28.8 Å². The van der Waals surface area contributed by atoms with E-state index in [1.807, 2.05) is 13.0 Å². The molecule has 1 amide bonds. The second-order valence-corrected chi connectivity index (χ2v) is 8.04. The molecule has 1 saturated carbocycles. The van der Waals surface area contributed by atoms with E-state index in [1.54, 1.807) is 18.0 Å². The van der Waals surface area contributed by atoms with Crippen molar-refractivity contribution in [3.63, 3.8) is 0 Å². The molecular formula is C19H22N6O5S. The van der Waals surface area contributed by atoms with Gasteiger partial charge in [0.05, 0.1) is 18.9 Å². The van der Waals surface area contributed by atoms with Crippen molar-refractivity contribution in [1.82, 2.24) is 20.0 Å². The molecule has 0 bridgehead atoms. The summed E-state index contributed by atoms with van der Waals surface area (Å²) >= 11 is 1.14. The number of amides is 1. The van der Waals surface area contributed by atoms with E-state index in [1.165, 1.54) is 13.2 Å². The molecule has 31 heavy (non-hydrogen) atoms. The minimum Gasteiger partial charge on any atom is -0.488 e. The van der Waals surface area contributed by atoms with Crippen LogP contribution in [0.5, 0.6) is 5.75 Å². The molecule has 12 heteroatoms. The molecule has 1 fully saturated rings. The van der Waals surface area contributed by atoms with Gasteiger partial charge in [-0.25, -0.2) is 9.48 Å². The van der Waals surface area contributed by atoms with Gasteiger partial charge in [0.2, 0.25) is 16.0 Å². The first-order valence-corrected chi connectivity index (χ1v) is 10.5. The number of nitrogens with one attached hydrogen (secondary N) is 2. The van der Waals surface area contributed by atoms with Crippen LogP contribution < -0.4 is 21.0 Å². The zero-order valence-electron chi connectivity index (χ0n) is 17.2. The Balaban J connectivity index is 1.53. The first-order valence-electron chi connectivity index (χ1n) is 9.65. The molecule has 2 atom stereocenters. The molecule has 3 heterocycles. The summed E-state index contributed by atoms with van der Waals surface area (Å²) in [6.45, 7) is 1.88. The van der Waals surface area contributed by atoms with Crippen molar-refractivity contribution in [2.45, 2.75) is 38.3 Å². The van der Waals surface area contributed by atoms with Crippen molar-refractivity contribution in [3.05, 3.63) is 40.2 Å². The monoisotopic (exact) mass is 446 g/mol. The molecule has 3 aromatic rings. The summed E-state index contributed by atoms with van der Waals surface area (Å²) in [4.78, 5) is 25.1. The smallest absolute Gasteiger partial charge is 0.381 e. The van der Waals surface area contributed by atoms with Crippen LogP contribution >= 0.6 is 11.3 Å². The van der Waals surface area contributed by atoms with Crippen LogP contribution in [0.3, 0.4) is 0 Å². The molecule has 0 unspecified atom stereocenters. The van der Waals surface area contributed by atoms with Crippen LogP contribution in [0, 0.1) is 6.92 Å². The largest absolute Gasteiger partial charge is 0.488 e. The van der Waals surface area contributed by atoms with Gasteiger partial charge in [-0.15, -0.1) is 10.2 Å². The number of aryl methyl sites for hydroxylation is 1. The van der Waals surface area contributed by atoms with Crippen molar-refractivity contribution >= 4 is 28.1 Å². The van der Waals surface area contributed by atoms with Crippen LogP contribution in [0.15, 0.2) is 27.5 Å². The summed E-state index contributed by atoms with van der Waals surface area (Å²) in [6, 6.07) is 3.38. The Hall–Kier alpha value is -3.25. The van der Waals surface area contributed by atoms with Crippen molar-refractivity contribution in [1.29, 1.82) is 0 Å².